The molecule has 0 atom stereocenters. The van der Waals surface area contributed by atoms with Crippen molar-refractivity contribution in [1.82, 2.24) is 15.2 Å². The van der Waals surface area contributed by atoms with Gasteiger partial charge in [0, 0.05) is 32.3 Å². The molecule has 2 rings (SSSR count). The first-order valence-electron chi connectivity index (χ1n) is 6.24. The van der Waals surface area contributed by atoms with E-state index in [2.05, 4.69) is 10.3 Å². The van der Waals surface area contributed by atoms with Crippen LogP contribution in [-0.2, 0) is 4.79 Å². The van der Waals surface area contributed by atoms with E-state index in [4.69, 9.17) is 11.6 Å². The van der Waals surface area contributed by atoms with Crippen molar-refractivity contribution >= 4 is 23.4 Å². The number of aromatic nitrogens is 1. The van der Waals surface area contributed by atoms with Crippen molar-refractivity contribution in [1.29, 1.82) is 0 Å². The Morgan fingerprint density at radius 2 is 2.05 bits per heavy atom. The van der Waals surface area contributed by atoms with E-state index in [1.165, 1.54) is 6.20 Å². The lowest BCUT2D eigenvalue weighted by Crippen LogP contribution is -2.42. The lowest BCUT2D eigenvalue weighted by atomic mass is 9.95. The molecule has 6 heteroatoms. The van der Waals surface area contributed by atoms with Gasteiger partial charge in [0.15, 0.2) is 0 Å². The second-order valence-electron chi connectivity index (χ2n) is 4.55. The van der Waals surface area contributed by atoms with Crippen molar-refractivity contribution in [2.45, 2.75) is 12.8 Å². The summed E-state index contributed by atoms with van der Waals surface area (Å²) < 4.78 is 0. The molecule has 0 aliphatic carbocycles. The number of carbonyl (C=O) groups is 2. The van der Waals surface area contributed by atoms with Gasteiger partial charge >= 0.3 is 0 Å². The maximum atomic E-state index is 12.2. The zero-order chi connectivity index (χ0) is 13.8. The number of piperidine rings is 1. The molecule has 1 aromatic heterocycles. The summed E-state index contributed by atoms with van der Waals surface area (Å²) in [6.45, 7) is 1.19. The highest BCUT2D eigenvalue weighted by atomic mass is 35.5. The zero-order valence-electron chi connectivity index (χ0n) is 10.7. The maximum Gasteiger partial charge on any atom is 0.255 e. The third-order valence-corrected chi connectivity index (χ3v) is 3.60. The molecule has 1 fully saturated rings. The van der Waals surface area contributed by atoms with Gasteiger partial charge in [-0.1, -0.05) is 11.6 Å². The van der Waals surface area contributed by atoms with Gasteiger partial charge in [-0.2, -0.15) is 0 Å². The minimum atomic E-state index is -0.0560. The summed E-state index contributed by atoms with van der Waals surface area (Å²) in [6.07, 6.45) is 2.88. The Labute approximate surface area is 117 Å². The number of halogens is 1. The number of nitrogens with one attached hydrogen (secondary N) is 1. The molecular formula is C13H16ClN3O2. The second kappa shape index (κ2) is 6.02. The Morgan fingerprint density at radius 3 is 2.58 bits per heavy atom. The number of rotatable bonds is 2. The Morgan fingerprint density at radius 1 is 1.37 bits per heavy atom. The molecular weight excluding hydrogens is 266 g/mol. The summed E-state index contributed by atoms with van der Waals surface area (Å²) >= 11 is 5.69. The quantitative estimate of drug-likeness (QED) is 0.832. The summed E-state index contributed by atoms with van der Waals surface area (Å²) in [7, 11) is 1.64. The van der Waals surface area contributed by atoms with Gasteiger partial charge in [0.05, 0.1) is 5.56 Å². The first-order valence-corrected chi connectivity index (χ1v) is 6.62. The molecule has 2 amide bonds. The summed E-state index contributed by atoms with van der Waals surface area (Å²) in [6, 6.07) is 3.27. The number of pyridine rings is 1. The van der Waals surface area contributed by atoms with E-state index in [0.29, 0.717) is 36.6 Å². The molecule has 0 unspecified atom stereocenters. The molecule has 19 heavy (non-hydrogen) atoms. The normalized spacial score (nSPS) is 16.2. The monoisotopic (exact) mass is 281 g/mol. The largest absolute Gasteiger partial charge is 0.359 e. The predicted octanol–water partition coefficient (Wildman–Crippen LogP) is 1.33. The van der Waals surface area contributed by atoms with E-state index < -0.39 is 0 Å². The van der Waals surface area contributed by atoms with Crippen LogP contribution in [0.25, 0.3) is 0 Å². The van der Waals surface area contributed by atoms with Crippen molar-refractivity contribution in [3.05, 3.63) is 29.0 Å². The van der Waals surface area contributed by atoms with Crippen LogP contribution in [0.3, 0.4) is 0 Å². The zero-order valence-corrected chi connectivity index (χ0v) is 11.5. The van der Waals surface area contributed by atoms with Crippen LogP contribution in [0.5, 0.6) is 0 Å². The molecule has 0 bridgehead atoms. The van der Waals surface area contributed by atoms with Crippen LogP contribution in [0, 0.1) is 5.92 Å². The van der Waals surface area contributed by atoms with E-state index in [0.717, 1.165) is 0 Å². The van der Waals surface area contributed by atoms with Gasteiger partial charge in [-0.05, 0) is 25.0 Å². The van der Waals surface area contributed by atoms with Crippen LogP contribution < -0.4 is 5.32 Å². The van der Waals surface area contributed by atoms with Crippen LogP contribution in [0.4, 0.5) is 0 Å². The van der Waals surface area contributed by atoms with E-state index in [9.17, 15) is 9.59 Å². The molecule has 0 radical (unpaired) electrons. The third-order valence-electron chi connectivity index (χ3n) is 3.37. The molecule has 5 nitrogen and oxygen atoms in total. The number of nitrogens with zero attached hydrogens (tertiary/aromatic N) is 2. The molecule has 2 heterocycles. The number of likely N-dealkylation sites (tertiary alicyclic amines) is 1. The Bertz CT molecular complexity index is 467. The van der Waals surface area contributed by atoms with Gasteiger partial charge in [-0.25, -0.2) is 4.98 Å². The fourth-order valence-electron chi connectivity index (χ4n) is 2.23. The van der Waals surface area contributed by atoms with Crippen LogP contribution in [0.2, 0.25) is 5.15 Å². The lowest BCUT2D eigenvalue weighted by molar-refractivity contribution is -0.125. The Hall–Kier alpha value is -1.62. The van der Waals surface area contributed by atoms with Crippen molar-refractivity contribution in [3.63, 3.8) is 0 Å². The molecule has 0 saturated carbocycles. The first-order chi connectivity index (χ1) is 9.11. The average molecular weight is 282 g/mol. The second-order valence-corrected chi connectivity index (χ2v) is 4.94. The SMILES string of the molecule is CNC(=O)C1CCN(C(=O)c2ccc(Cl)nc2)CC1. The van der Waals surface area contributed by atoms with Crippen molar-refractivity contribution in [3.8, 4) is 0 Å². The minimum absolute atomic E-state index is 0.0115. The molecule has 1 aromatic rings. The highest BCUT2D eigenvalue weighted by Crippen LogP contribution is 2.19. The van der Waals surface area contributed by atoms with E-state index in [-0.39, 0.29) is 17.7 Å². The average Bonchev–Trinajstić information content (AvgIpc) is 2.46. The van der Waals surface area contributed by atoms with Gasteiger partial charge in [0.2, 0.25) is 5.91 Å². The van der Waals surface area contributed by atoms with Gasteiger partial charge in [0.1, 0.15) is 5.15 Å². The van der Waals surface area contributed by atoms with Crippen molar-refractivity contribution < 1.29 is 9.59 Å². The summed E-state index contributed by atoms with van der Waals surface area (Å²) in [5.41, 5.74) is 0.530. The molecule has 0 spiro atoms. The van der Waals surface area contributed by atoms with Gasteiger partial charge in [0.25, 0.3) is 5.91 Å². The van der Waals surface area contributed by atoms with E-state index >= 15 is 0 Å². The van der Waals surface area contributed by atoms with E-state index in [1.54, 1.807) is 24.1 Å². The van der Waals surface area contributed by atoms with E-state index in [1.807, 2.05) is 0 Å². The van der Waals surface area contributed by atoms with Crippen molar-refractivity contribution in [2.24, 2.45) is 5.92 Å². The van der Waals surface area contributed by atoms with Crippen LogP contribution in [0.1, 0.15) is 23.2 Å². The van der Waals surface area contributed by atoms with Crippen LogP contribution >= 0.6 is 11.6 Å². The smallest absolute Gasteiger partial charge is 0.255 e. The molecule has 1 aliphatic rings. The Balaban J connectivity index is 1.96. The highest BCUT2D eigenvalue weighted by molar-refractivity contribution is 6.29. The number of hydrogen-bond acceptors (Lipinski definition) is 3. The van der Waals surface area contributed by atoms with Gasteiger partial charge < -0.3 is 10.2 Å². The molecule has 0 aromatic carbocycles. The standard InChI is InChI=1S/C13H16ClN3O2/c1-15-12(18)9-4-6-17(7-5-9)13(19)10-2-3-11(14)16-8-10/h2-3,8-9H,4-7H2,1H3,(H,15,18). The summed E-state index contributed by atoms with van der Waals surface area (Å²) in [4.78, 5) is 29.4. The molecule has 1 aliphatic heterocycles. The van der Waals surface area contributed by atoms with Crippen LogP contribution in [-0.4, -0.2) is 41.8 Å². The summed E-state index contributed by atoms with van der Waals surface area (Å²) in [5.74, 6) is 0.0113. The number of carbonyl (C=O) groups excluding carboxylic acids is 2. The minimum Gasteiger partial charge on any atom is -0.359 e. The fourth-order valence-corrected chi connectivity index (χ4v) is 2.35. The molecule has 1 N–H and O–H groups in total. The Kier molecular flexibility index (Phi) is 4.37. The van der Waals surface area contributed by atoms with Crippen molar-refractivity contribution in [2.75, 3.05) is 20.1 Å². The molecule has 1 saturated heterocycles. The highest BCUT2D eigenvalue weighted by Gasteiger charge is 2.27. The topological polar surface area (TPSA) is 62.3 Å². The third kappa shape index (κ3) is 3.23. The lowest BCUT2D eigenvalue weighted by Gasteiger charge is -2.31. The maximum absolute atomic E-state index is 12.2. The summed E-state index contributed by atoms with van der Waals surface area (Å²) in [5, 5.41) is 3.02. The first kappa shape index (κ1) is 13.8. The number of amides is 2. The number of hydrogen-bond donors (Lipinski definition) is 1. The van der Waals surface area contributed by atoms with Crippen LogP contribution in [0.15, 0.2) is 18.3 Å². The predicted molar refractivity (Wildman–Crippen MR) is 71.9 cm³/mol. The molecule has 102 valence electrons. The van der Waals surface area contributed by atoms with Gasteiger partial charge in [-0.3, -0.25) is 9.59 Å². The van der Waals surface area contributed by atoms with Gasteiger partial charge in [-0.15, -0.1) is 0 Å². The fraction of sp³-hybridized carbons (Fsp3) is 0.462.